The Labute approximate surface area is 145 Å². The molecular weight excluding hydrogens is 328 g/mol. The minimum atomic E-state index is -0.587. The molecule has 0 spiro atoms. The standard InChI is InChI=1S/C19H19ClO2S/c1-10-6-11(2)17(12(3)7-10)18-15(21)9-13(19(18)22)8-14-4-5-16(20)23-14/h4-7,13,18H,8-9H2,1-3H3. The van der Waals surface area contributed by atoms with E-state index in [1.54, 1.807) is 0 Å². The number of hydrogen-bond donors (Lipinski definition) is 0. The summed E-state index contributed by atoms with van der Waals surface area (Å²) in [5, 5.41) is 0. The lowest BCUT2D eigenvalue weighted by molar-refractivity contribution is -0.124. The highest BCUT2D eigenvalue weighted by Crippen LogP contribution is 2.38. The van der Waals surface area contributed by atoms with E-state index in [0.717, 1.165) is 31.5 Å². The van der Waals surface area contributed by atoms with Gasteiger partial charge in [-0.1, -0.05) is 29.3 Å². The third kappa shape index (κ3) is 3.13. The number of thiophene rings is 1. The Morgan fingerprint density at radius 1 is 1.13 bits per heavy atom. The molecule has 0 aliphatic heterocycles. The van der Waals surface area contributed by atoms with Gasteiger partial charge in [0.15, 0.2) is 5.78 Å². The Morgan fingerprint density at radius 3 is 2.35 bits per heavy atom. The van der Waals surface area contributed by atoms with E-state index in [0.29, 0.717) is 12.8 Å². The Balaban J connectivity index is 1.90. The average Bonchev–Trinajstić information content (AvgIpc) is 2.96. The Bertz CT molecular complexity index is 767. The van der Waals surface area contributed by atoms with Gasteiger partial charge in [0.25, 0.3) is 0 Å². The second-order valence-electron chi connectivity index (χ2n) is 6.43. The van der Waals surface area contributed by atoms with Crippen LogP contribution in [0.25, 0.3) is 0 Å². The number of rotatable bonds is 3. The lowest BCUT2D eigenvalue weighted by Crippen LogP contribution is -2.18. The molecule has 0 amide bonds. The van der Waals surface area contributed by atoms with Gasteiger partial charge in [0.1, 0.15) is 11.7 Å². The second-order valence-corrected chi connectivity index (χ2v) is 8.22. The van der Waals surface area contributed by atoms with Crippen LogP contribution in [0.3, 0.4) is 0 Å². The van der Waals surface area contributed by atoms with Gasteiger partial charge in [-0.05, 0) is 56.0 Å². The summed E-state index contributed by atoms with van der Waals surface area (Å²) >= 11 is 7.44. The summed E-state index contributed by atoms with van der Waals surface area (Å²) in [6, 6.07) is 7.89. The van der Waals surface area contributed by atoms with Crippen LogP contribution in [0.4, 0.5) is 0 Å². The fourth-order valence-corrected chi connectivity index (χ4v) is 4.85. The predicted molar refractivity (Wildman–Crippen MR) is 94.5 cm³/mol. The number of ketones is 2. The smallest absolute Gasteiger partial charge is 0.151 e. The van der Waals surface area contributed by atoms with Crippen molar-refractivity contribution in [1.29, 1.82) is 0 Å². The van der Waals surface area contributed by atoms with E-state index in [9.17, 15) is 9.59 Å². The molecule has 2 unspecified atom stereocenters. The van der Waals surface area contributed by atoms with Gasteiger partial charge >= 0.3 is 0 Å². The fourth-order valence-electron chi connectivity index (χ4n) is 3.68. The van der Waals surface area contributed by atoms with E-state index < -0.39 is 5.92 Å². The highest BCUT2D eigenvalue weighted by atomic mass is 35.5. The summed E-state index contributed by atoms with van der Waals surface area (Å²) in [7, 11) is 0. The largest absolute Gasteiger partial charge is 0.298 e. The van der Waals surface area contributed by atoms with Gasteiger partial charge in [-0.2, -0.15) is 0 Å². The molecule has 3 rings (SSSR count). The number of aryl methyl sites for hydroxylation is 3. The molecule has 1 aromatic carbocycles. The molecule has 120 valence electrons. The minimum Gasteiger partial charge on any atom is -0.298 e. The summed E-state index contributed by atoms with van der Waals surface area (Å²) in [5.74, 6) is -0.689. The summed E-state index contributed by atoms with van der Waals surface area (Å²) in [6.07, 6.45) is 0.953. The van der Waals surface area contributed by atoms with Gasteiger partial charge in [0.05, 0.1) is 4.34 Å². The molecule has 1 fully saturated rings. The molecule has 2 atom stereocenters. The molecule has 0 saturated heterocycles. The van der Waals surface area contributed by atoms with Crippen molar-refractivity contribution >= 4 is 34.5 Å². The molecule has 1 heterocycles. The maximum absolute atomic E-state index is 12.9. The van der Waals surface area contributed by atoms with Gasteiger partial charge < -0.3 is 0 Å². The van der Waals surface area contributed by atoms with Crippen LogP contribution in [-0.2, 0) is 16.0 Å². The molecule has 0 bridgehead atoms. The van der Waals surface area contributed by atoms with Crippen molar-refractivity contribution in [2.45, 2.75) is 39.5 Å². The van der Waals surface area contributed by atoms with E-state index >= 15 is 0 Å². The van der Waals surface area contributed by atoms with Crippen LogP contribution in [0, 0.1) is 26.7 Å². The van der Waals surface area contributed by atoms with Crippen molar-refractivity contribution in [3.05, 3.63) is 55.7 Å². The van der Waals surface area contributed by atoms with Gasteiger partial charge in [-0.15, -0.1) is 11.3 Å². The lowest BCUT2D eigenvalue weighted by Gasteiger charge is -2.16. The quantitative estimate of drug-likeness (QED) is 0.747. The molecule has 23 heavy (non-hydrogen) atoms. The fraction of sp³-hybridized carbons (Fsp3) is 0.368. The first-order valence-corrected chi connectivity index (χ1v) is 8.94. The summed E-state index contributed by atoms with van der Waals surface area (Å²) in [5.41, 5.74) is 4.15. The molecule has 0 radical (unpaired) electrons. The number of benzene rings is 1. The maximum atomic E-state index is 12.9. The summed E-state index contributed by atoms with van der Waals surface area (Å²) in [4.78, 5) is 26.5. The van der Waals surface area contributed by atoms with Gasteiger partial charge in [0.2, 0.25) is 0 Å². The minimum absolute atomic E-state index is 0.0534. The monoisotopic (exact) mass is 346 g/mol. The summed E-state index contributed by atoms with van der Waals surface area (Å²) < 4.78 is 0.721. The van der Waals surface area contributed by atoms with Crippen molar-refractivity contribution < 1.29 is 9.59 Å². The van der Waals surface area contributed by atoms with Crippen LogP contribution in [0.15, 0.2) is 24.3 Å². The molecule has 2 nitrogen and oxygen atoms in total. The van der Waals surface area contributed by atoms with E-state index in [1.807, 2.05) is 32.9 Å². The van der Waals surface area contributed by atoms with Crippen LogP contribution in [0.1, 0.15) is 39.5 Å². The Hall–Kier alpha value is -1.45. The van der Waals surface area contributed by atoms with Crippen molar-refractivity contribution in [3.8, 4) is 0 Å². The number of Topliss-reactive ketones (excluding diaryl/α,β-unsaturated/α-hetero) is 2. The van der Waals surface area contributed by atoms with E-state index in [2.05, 4.69) is 12.1 Å². The molecule has 1 aliphatic rings. The topological polar surface area (TPSA) is 34.1 Å². The molecule has 2 aromatic rings. The van der Waals surface area contributed by atoms with E-state index in [4.69, 9.17) is 11.6 Å². The van der Waals surface area contributed by atoms with E-state index in [1.165, 1.54) is 11.3 Å². The van der Waals surface area contributed by atoms with Gasteiger partial charge in [0, 0.05) is 17.2 Å². The zero-order valence-electron chi connectivity index (χ0n) is 13.5. The number of hydrogen-bond acceptors (Lipinski definition) is 3. The molecule has 1 aliphatic carbocycles. The highest BCUT2D eigenvalue weighted by molar-refractivity contribution is 7.16. The number of halogens is 1. The van der Waals surface area contributed by atoms with Crippen molar-refractivity contribution in [2.24, 2.45) is 5.92 Å². The highest BCUT2D eigenvalue weighted by Gasteiger charge is 2.43. The third-order valence-corrected chi connectivity index (χ3v) is 5.81. The van der Waals surface area contributed by atoms with Crippen LogP contribution in [0.2, 0.25) is 4.34 Å². The molecule has 1 saturated carbocycles. The SMILES string of the molecule is Cc1cc(C)c(C2C(=O)CC(Cc3ccc(Cl)s3)C2=O)c(C)c1. The Kier molecular flexibility index (Phi) is 4.43. The number of carbonyl (C=O) groups is 2. The molecule has 4 heteroatoms. The van der Waals surface area contributed by atoms with Crippen LogP contribution in [0.5, 0.6) is 0 Å². The van der Waals surface area contributed by atoms with Crippen LogP contribution < -0.4 is 0 Å². The third-order valence-electron chi connectivity index (χ3n) is 4.56. The van der Waals surface area contributed by atoms with Crippen LogP contribution >= 0.6 is 22.9 Å². The first-order valence-electron chi connectivity index (χ1n) is 7.75. The number of carbonyl (C=O) groups excluding carboxylic acids is 2. The molecule has 0 N–H and O–H groups in total. The zero-order chi connectivity index (χ0) is 16.7. The van der Waals surface area contributed by atoms with Crippen molar-refractivity contribution in [1.82, 2.24) is 0 Å². The first-order chi connectivity index (χ1) is 10.9. The second kappa shape index (κ2) is 6.21. The van der Waals surface area contributed by atoms with Crippen molar-refractivity contribution in [3.63, 3.8) is 0 Å². The summed E-state index contributed by atoms with van der Waals surface area (Å²) in [6.45, 7) is 6.01. The van der Waals surface area contributed by atoms with Gasteiger partial charge in [-0.25, -0.2) is 0 Å². The van der Waals surface area contributed by atoms with Gasteiger partial charge in [-0.3, -0.25) is 9.59 Å². The van der Waals surface area contributed by atoms with Crippen LogP contribution in [-0.4, -0.2) is 11.6 Å². The predicted octanol–water partition coefficient (Wildman–Crippen LogP) is 4.81. The zero-order valence-corrected chi connectivity index (χ0v) is 15.1. The molecule has 1 aromatic heterocycles. The maximum Gasteiger partial charge on any atom is 0.151 e. The van der Waals surface area contributed by atoms with Crippen molar-refractivity contribution in [2.75, 3.05) is 0 Å². The Morgan fingerprint density at radius 2 is 1.78 bits per heavy atom. The first kappa shape index (κ1) is 16.4. The lowest BCUT2D eigenvalue weighted by atomic mass is 9.86. The molecular formula is C19H19ClO2S. The average molecular weight is 347 g/mol. The normalized spacial score (nSPS) is 21.2. The van der Waals surface area contributed by atoms with E-state index in [-0.39, 0.29) is 17.5 Å².